The Labute approximate surface area is 116 Å². The summed E-state index contributed by atoms with van der Waals surface area (Å²) in [5.74, 6) is 1.23. The maximum absolute atomic E-state index is 10.5. The monoisotopic (exact) mass is 272 g/mol. The van der Waals surface area contributed by atoms with Crippen LogP contribution in [0.2, 0.25) is 0 Å². The molecule has 1 aliphatic rings. The number of thiophene rings is 1. The number of hydrogen-bond donors (Lipinski definition) is 1. The van der Waals surface area contributed by atoms with Crippen molar-refractivity contribution in [3.63, 3.8) is 0 Å². The molecule has 1 aliphatic heterocycles. The number of fused-ring (bicyclic) bond motifs is 1. The average molecular weight is 272 g/mol. The van der Waals surface area contributed by atoms with Crippen LogP contribution in [0.5, 0.6) is 11.5 Å². The molecule has 2 rings (SSSR count). The molecule has 1 atom stereocenters. The molecule has 1 unspecified atom stereocenters. The molecule has 0 fully saturated rings. The van der Waals surface area contributed by atoms with Gasteiger partial charge in [-0.05, 0) is 12.8 Å². The van der Waals surface area contributed by atoms with E-state index in [1.165, 1.54) is 11.3 Å². The van der Waals surface area contributed by atoms with Gasteiger partial charge < -0.3 is 9.47 Å². The summed E-state index contributed by atoms with van der Waals surface area (Å²) >= 11 is 1.50. The number of rotatable bonds is 4. The van der Waals surface area contributed by atoms with Crippen molar-refractivity contribution in [1.29, 1.82) is 0 Å². The van der Waals surface area contributed by atoms with Crippen LogP contribution in [-0.2, 0) is 10.1 Å². The summed E-state index contributed by atoms with van der Waals surface area (Å²) in [6, 6.07) is 0. The van der Waals surface area contributed by atoms with E-state index in [9.17, 15) is 8.42 Å². The van der Waals surface area contributed by atoms with Gasteiger partial charge in [-0.3, -0.25) is 4.55 Å². The molecule has 0 spiro atoms. The van der Waals surface area contributed by atoms with Crippen LogP contribution in [0.15, 0.2) is 10.8 Å². The van der Waals surface area contributed by atoms with E-state index in [4.69, 9.17) is 14.0 Å². The molecule has 2 heterocycles. The molecule has 1 aromatic heterocycles. The van der Waals surface area contributed by atoms with Crippen LogP contribution in [0, 0.1) is 0 Å². The van der Waals surface area contributed by atoms with E-state index >= 15 is 0 Å². The Morgan fingerprint density at radius 3 is 2.82 bits per heavy atom. The summed E-state index contributed by atoms with van der Waals surface area (Å²) in [6.07, 6.45) is 0.783. The van der Waals surface area contributed by atoms with Crippen molar-refractivity contribution in [2.24, 2.45) is 0 Å². The Kier molecular flexibility index (Phi) is 5.35. The molecule has 0 radical (unpaired) electrons. The molecule has 0 saturated carbocycles. The van der Waals surface area contributed by atoms with Crippen LogP contribution in [0.25, 0.3) is 0 Å². The van der Waals surface area contributed by atoms with Crippen LogP contribution < -0.4 is 9.47 Å². The van der Waals surface area contributed by atoms with Crippen LogP contribution in [0.4, 0.5) is 0 Å². The summed E-state index contributed by atoms with van der Waals surface area (Å²) in [5, 5.41) is 3.72. The zero-order valence-corrected chi connectivity index (χ0v) is 10.1. The number of ether oxygens (including phenoxy) is 2. The van der Waals surface area contributed by atoms with E-state index in [0.717, 1.165) is 5.75 Å². The zero-order valence-electron chi connectivity index (χ0n) is 8.46. The summed E-state index contributed by atoms with van der Waals surface area (Å²) in [7, 11) is -3.87. The van der Waals surface area contributed by atoms with Gasteiger partial charge in [-0.15, -0.1) is 11.3 Å². The fraction of sp³-hybridized carbons (Fsp3) is 0.556. The van der Waals surface area contributed by atoms with E-state index < -0.39 is 10.1 Å². The van der Waals surface area contributed by atoms with Gasteiger partial charge in [0.15, 0.2) is 11.5 Å². The molecule has 1 aromatic rings. The van der Waals surface area contributed by atoms with Crippen molar-refractivity contribution in [1.82, 2.24) is 0 Å². The fourth-order valence-electron chi connectivity index (χ4n) is 1.50. The molecule has 0 aliphatic carbocycles. The van der Waals surface area contributed by atoms with Crippen LogP contribution in [-0.4, -0.2) is 50.3 Å². The Morgan fingerprint density at radius 1 is 1.41 bits per heavy atom. The predicted octanol–water partition coefficient (Wildman–Crippen LogP) is 0.907. The van der Waals surface area contributed by atoms with Gasteiger partial charge in [0.05, 0.1) is 5.75 Å². The minimum absolute atomic E-state index is 0. The third-order valence-corrected chi connectivity index (χ3v) is 3.74. The molecule has 17 heavy (non-hydrogen) atoms. The van der Waals surface area contributed by atoms with Crippen LogP contribution in [0.3, 0.4) is 0 Å². The van der Waals surface area contributed by atoms with Gasteiger partial charge in [0.2, 0.25) is 0 Å². The molecule has 0 aromatic carbocycles. The van der Waals surface area contributed by atoms with Gasteiger partial charge in [0.1, 0.15) is 12.7 Å². The van der Waals surface area contributed by atoms with Gasteiger partial charge in [0.25, 0.3) is 10.1 Å². The van der Waals surface area contributed by atoms with Crippen molar-refractivity contribution in [2.45, 2.75) is 18.9 Å². The quantitative estimate of drug-likeness (QED) is 0.651. The molecule has 1 N–H and O–H groups in total. The van der Waals surface area contributed by atoms with Gasteiger partial charge in [-0.1, -0.05) is 0 Å². The first-order valence-electron chi connectivity index (χ1n) is 4.85. The van der Waals surface area contributed by atoms with E-state index in [2.05, 4.69) is 0 Å². The van der Waals surface area contributed by atoms with Crippen LogP contribution in [0.1, 0.15) is 12.8 Å². The van der Waals surface area contributed by atoms with E-state index in [-0.39, 0.29) is 30.7 Å². The van der Waals surface area contributed by atoms with Crippen molar-refractivity contribution < 1.29 is 22.4 Å². The topological polar surface area (TPSA) is 72.8 Å². The average Bonchev–Trinajstić information content (AvgIpc) is 2.62. The second-order valence-corrected chi connectivity index (χ2v) is 5.90. The zero-order chi connectivity index (χ0) is 11.6. The second-order valence-electron chi connectivity index (χ2n) is 3.58. The van der Waals surface area contributed by atoms with Crippen molar-refractivity contribution >= 4 is 40.3 Å². The van der Waals surface area contributed by atoms with Crippen molar-refractivity contribution in [3.05, 3.63) is 10.8 Å². The predicted molar refractivity (Wildman–Crippen MR) is 67.0 cm³/mol. The molecular weight excluding hydrogens is 259 g/mol. The second kappa shape index (κ2) is 6.11. The standard InChI is InChI=1S/C9H12O5S2.Li.H/c10-16(11,12)3-1-2-7-4-13-8-5-15-6-9(8)14-7;;/h5-7H,1-4H2,(H,10,11,12);;. The molecule has 5 nitrogen and oxygen atoms in total. The summed E-state index contributed by atoms with van der Waals surface area (Å²) < 4.78 is 40.6. The van der Waals surface area contributed by atoms with Gasteiger partial charge >= 0.3 is 18.9 Å². The Balaban J connectivity index is 0.00000144. The maximum atomic E-state index is 10.5. The van der Waals surface area contributed by atoms with Gasteiger partial charge in [-0.2, -0.15) is 8.42 Å². The molecule has 0 bridgehead atoms. The van der Waals surface area contributed by atoms with E-state index in [1.54, 1.807) is 0 Å². The van der Waals surface area contributed by atoms with Crippen molar-refractivity contribution in [2.75, 3.05) is 12.4 Å². The molecule has 0 saturated heterocycles. The normalized spacial score (nSPS) is 18.5. The fourth-order valence-corrected chi connectivity index (χ4v) is 2.70. The molecule has 0 amide bonds. The minimum atomic E-state index is -3.87. The van der Waals surface area contributed by atoms with E-state index in [0.29, 0.717) is 25.2 Å². The summed E-state index contributed by atoms with van der Waals surface area (Å²) in [6.45, 7) is 0.426. The summed E-state index contributed by atoms with van der Waals surface area (Å²) in [5.41, 5.74) is 0. The molecule has 92 valence electrons. The van der Waals surface area contributed by atoms with E-state index in [1.807, 2.05) is 10.8 Å². The number of hydrogen-bond acceptors (Lipinski definition) is 5. The van der Waals surface area contributed by atoms with Gasteiger partial charge in [0, 0.05) is 10.8 Å². The summed E-state index contributed by atoms with van der Waals surface area (Å²) in [4.78, 5) is 0. The first-order valence-corrected chi connectivity index (χ1v) is 7.40. The SMILES string of the molecule is O=S(=O)(O)CCCC1COc2cscc2O1.[LiH]. The first kappa shape index (κ1) is 14.9. The molecule has 8 heteroatoms. The third kappa shape index (κ3) is 4.52. The Hall–Kier alpha value is -0.193. The molecular formula is C9H13LiO5S2. The first-order chi connectivity index (χ1) is 7.54. The Bertz CT molecular complexity index is 456. The van der Waals surface area contributed by atoms with Crippen molar-refractivity contribution in [3.8, 4) is 11.5 Å². The Morgan fingerprint density at radius 2 is 2.12 bits per heavy atom. The van der Waals surface area contributed by atoms with Gasteiger partial charge in [-0.25, -0.2) is 0 Å². The third-order valence-electron chi connectivity index (χ3n) is 2.24. The van der Waals surface area contributed by atoms with Crippen LogP contribution >= 0.6 is 11.3 Å².